The summed E-state index contributed by atoms with van der Waals surface area (Å²) >= 11 is 1.44. The lowest BCUT2D eigenvalue weighted by Gasteiger charge is -2.36. The van der Waals surface area contributed by atoms with E-state index in [2.05, 4.69) is 60.3 Å². The minimum atomic E-state index is -1.01. The van der Waals surface area contributed by atoms with Crippen LogP contribution < -0.4 is 10.7 Å². The van der Waals surface area contributed by atoms with Crippen molar-refractivity contribution in [2.45, 2.75) is 111 Å². The van der Waals surface area contributed by atoms with E-state index in [1.165, 1.54) is 16.3 Å². The van der Waals surface area contributed by atoms with Crippen LogP contribution in [0.3, 0.4) is 0 Å². The summed E-state index contributed by atoms with van der Waals surface area (Å²) in [6.45, 7) is 15.4. The average Bonchev–Trinajstić information content (AvgIpc) is 3.63. The molecule has 59 heavy (non-hydrogen) atoms. The van der Waals surface area contributed by atoms with Gasteiger partial charge in [-0.15, -0.1) is 11.3 Å². The van der Waals surface area contributed by atoms with Gasteiger partial charge in [0, 0.05) is 78.6 Å². The fourth-order valence-corrected chi connectivity index (χ4v) is 9.66. The first kappa shape index (κ1) is 42.5. The molecule has 1 saturated carbocycles. The van der Waals surface area contributed by atoms with Crippen LogP contribution in [0.1, 0.15) is 90.1 Å². The molecule has 3 aliphatic rings. The summed E-state index contributed by atoms with van der Waals surface area (Å²) in [5.74, 6) is -1.26. The van der Waals surface area contributed by atoms with Gasteiger partial charge < -0.3 is 24.3 Å². The summed E-state index contributed by atoms with van der Waals surface area (Å²) < 4.78 is 14.2. The first-order valence-electron chi connectivity index (χ1n) is 21.0. The van der Waals surface area contributed by atoms with Crippen LogP contribution in [-0.4, -0.2) is 93.6 Å². The zero-order valence-electron chi connectivity index (χ0n) is 35.8. The Morgan fingerprint density at radius 2 is 1.95 bits per heavy atom. The largest absolute Gasteiger partial charge is 0.464 e. The van der Waals surface area contributed by atoms with E-state index in [-0.39, 0.29) is 42.8 Å². The molecule has 2 aliphatic heterocycles. The van der Waals surface area contributed by atoms with Crippen LogP contribution in [0, 0.1) is 23.2 Å². The van der Waals surface area contributed by atoms with E-state index in [4.69, 9.17) is 19.4 Å². The van der Waals surface area contributed by atoms with Crippen molar-refractivity contribution in [1.29, 1.82) is 0 Å². The second kappa shape index (κ2) is 17.1. The number of fused-ring (bicyclic) bond motifs is 6. The Balaban J connectivity index is 1.31. The minimum Gasteiger partial charge on any atom is -0.464 e. The molecular formula is C45H59N7O6S. The van der Waals surface area contributed by atoms with E-state index >= 15 is 0 Å². The molecule has 316 valence electrons. The number of carbonyl (C=O) groups is 4. The number of likely N-dealkylation sites (N-methyl/N-ethyl adjacent to an activating group) is 1. The normalized spacial score (nSPS) is 23.1. The van der Waals surface area contributed by atoms with Crippen LogP contribution >= 0.6 is 11.3 Å². The molecule has 4 aromatic rings. The summed E-state index contributed by atoms with van der Waals surface area (Å²) in [7, 11) is 3.37. The van der Waals surface area contributed by atoms with Gasteiger partial charge in [0.15, 0.2) is 0 Å². The van der Waals surface area contributed by atoms with Crippen molar-refractivity contribution in [2.24, 2.45) is 23.2 Å². The van der Waals surface area contributed by atoms with Gasteiger partial charge in [-0.3, -0.25) is 29.2 Å². The third-order valence-electron chi connectivity index (χ3n) is 12.2. The number of hydrogen-bond donors (Lipinski definition) is 2. The number of nitrogens with zero attached hydrogens (tertiary/aromatic N) is 5. The Morgan fingerprint density at radius 1 is 1.19 bits per heavy atom. The Hall–Kier alpha value is -4.66. The summed E-state index contributed by atoms with van der Waals surface area (Å²) in [4.78, 5) is 67.2. The molecule has 2 fully saturated rings. The fraction of sp³-hybridized carbons (Fsp3) is 0.556. The van der Waals surface area contributed by atoms with Crippen LogP contribution in [-0.2, 0) is 48.0 Å². The summed E-state index contributed by atoms with van der Waals surface area (Å²) in [5, 5.41) is 8.22. The second-order valence-corrected chi connectivity index (χ2v) is 18.7. The Labute approximate surface area is 351 Å². The molecule has 13 nitrogen and oxygen atoms in total. The van der Waals surface area contributed by atoms with Crippen molar-refractivity contribution < 1.29 is 28.7 Å². The van der Waals surface area contributed by atoms with Crippen molar-refractivity contribution >= 4 is 45.9 Å². The topological polar surface area (TPSA) is 148 Å². The number of nitrogens with one attached hydrogen (secondary N) is 2. The number of pyridine rings is 1. The predicted octanol–water partition coefficient (Wildman–Crippen LogP) is 6.34. The number of cyclic esters (lactones) is 1. The smallest absolute Gasteiger partial charge is 0.324 e. The van der Waals surface area contributed by atoms with Crippen LogP contribution in [0.15, 0.2) is 41.9 Å². The Bertz CT molecular complexity index is 2230. The third-order valence-corrected chi connectivity index (χ3v) is 13.1. The molecule has 0 radical (unpaired) electrons. The molecule has 0 unspecified atom stereocenters. The van der Waals surface area contributed by atoms with Gasteiger partial charge in [-0.2, -0.15) is 0 Å². The summed E-state index contributed by atoms with van der Waals surface area (Å²) in [5.41, 5.74) is 9.43. The Morgan fingerprint density at radius 3 is 2.64 bits per heavy atom. The maximum atomic E-state index is 14.5. The van der Waals surface area contributed by atoms with E-state index in [9.17, 15) is 19.2 Å². The van der Waals surface area contributed by atoms with E-state index in [0.717, 1.165) is 51.1 Å². The van der Waals surface area contributed by atoms with Crippen molar-refractivity contribution in [1.82, 2.24) is 35.2 Å². The highest BCUT2D eigenvalue weighted by atomic mass is 32.1. The molecule has 2 N–H and O–H groups in total. The molecule has 1 aromatic carbocycles. The molecule has 14 heteroatoms. The minimum absolute atomic E-state index is 0.0545. The number of esters is 1. The number of amides is 3. The number of hydrazine groups is 1. The van der Waals surface area contributed by atoms with Crippen LogP contribution in [0.25, 0.3) is 33.4 Å². The number of carbonyl (C=O) groups excluding carboxylic acids is 4. The highest BCUT2D eigenvalue weighted by molar-refractivity contribution is 7.10. The van der Waals surface area contributed by atoms with E-state index < -0.39 is 35.4 Å². The number of ether oxygens (including phenoxy) is 2. The molecule has 1 aliphatic carbocycles. The average molecular weight is 826 g/mol. The molecule has 3 aromatic heterocycles. The quantitative estimate of drug-likeness (QED) is 0.185. The summed E-state index contributed by atoms with van der Waals surface area (Å²) in [6.07, 6.45) is 4.16. The van der Waals surface area contributed by atoms with Crippen LogP contribution in [0.2, 0.25) is 0 Å². The summed E-state index contributed by atoms with van der Waals surface area (Å²) in [6, 6.07) is 7.94. The van der Waals surface area contributed by atoms with Gasteiger partial charge in [-0.25, -0.2) is 10.4 Å². The maximum absolute atomic E-state index is 14.5. The van der Waals surface area contributed by atoms with Gasteiger partial charge >= 0.3 is 5.97 Å². The number of aryl methyl sites for hydroxylation is 1. The first-order valence-corrected chi connectivity index (χ1v) is 21.9. The van der Waals surface area contributed by atoms with Gasteiger partial charge in [0.05, 0.1) is 34.8 Å². The van der Waals surface area contributed by atoms with Gasteiger partial charge in [-0.1, -0.05) is 40.7 Å². The molecule has 1 saturated heterocycles. The molecule has 3 amide bonds. The van der Waals surface area contributed by atoms with E-state index in [1.54, 1.807) is 25.3 Å². The SMILES string of the molecule is CCn1c(-c2cccnc2[C@H](C)OC)c2c3cc(ccc31)-c1csc(n1)C[C@H](NC(=O)[C@H](C(C)C)N(C)C(=O)[C@@H]1C[C@@H]1C)C(=O)N1CCC[C@H](N1)C(=O)OCC(C)(C)C2. The van der Waals surface area contributed by atoms with E-state index in [0.29, 0.717) is 43.3 Å². The lowest BCUT2D eigenvalue weighted by atomic mass is 9.84. The number of thiazole rings is 1. The number of rotatable bonds is 9. The molecule has 0 spiro atoms. The number of methoxy groups -OCH3 is 1. The van der Waals surface area contributed by atoms with Gasteiger partial charge in [-0.05, 0) is 81.2 Å². The molecule has 6 bridgehead atoms. The monoisotopic (exact) mass is 825 g/mol. The van der Waals surface area contributed by atoms with Crippen molar-refractivity contribution in [3.05, 3.63) is 58.2 Å². The lowest BCUT2D eigenvalue weighted by Crippen LogP contribution is -2.62. The zero-order chi connectivity index (χ0) is 42.3. The van der Waals surface area contributed by atoms with Crippen LogP contribution in [0.4, 0.5) is 0 Å². The number of aromatic nitrogens is 3. The Kier molecular flexibility index (Phi) is 12.3. The standard InChI is InChI=1S/C45H59N7O6S/c1-10-51-36-16-15-28-20-31(36)32(40(51)29-13-11-17-46-38(29)27(5)57-9)22-45(6,7)24-58-44(56)33-14-12-18-52(49-33)43(55)34(21-37-47-35(28)23-59-37)48-41(53)39(25(2)3)50(8)42(54)30-19-26(30)4/h11,13,15-17,20,23,25-27,30,33-34,39,49H,10,12,14,18-19,21-22,24H2,1-9H3,(H,48,53)/t26-,27-,30+,33-,34-,39-/m0/s1. The maximum Gasteiger partial charge on any atom is 0.324 e. The fourth-order valence-electron chi connectivity index (χ4n) is 8.81. The van der Waals surface area contributed by atoms with Gasteiger partial charge in [0.25, 0.3) is 5.91 Å². The van der Waals surface area contributed by atoms with Crippen molar-refractivity contribution in [2.75, 3.05) is 27.3 Å². The molecule has 5 heterocycles. The highest BCUT2D eigenvalue weighted by Crippen LogP contribution is 2.42. The van der Waals surface area contributed by atoms with Crippen molar-refractivity contribution in [3.63, 3.8) is 0 Å². The van der Waals surface area contributed by atoms with Crippen molar-refractivity contribution in [3.8, 4) is 22.5 Å². The predicted molar refractivity (Wildman–Crippen MR) is 228 cm³/mol. The highest BCUT2D eigenvalue weighted by Gasteiger charge is 2.44. The molecule has 6 atom stereocenters. The molecule has 7 rings (SSSR count). The second-order valence-electron chi connectivity index (χ2n) is 17.7. The lowest BCUT2D eigenvalue weighted by molar-refractivity contribution is -0.155. The number of benzene rings is 1. The first-order chi connectivity index (χ1) is 28.1. The van der Waals surface area contributed by atoms with Gasteiger partial charge in [0.2, 0.25) is 11.8 Å². The van der Waals surface area contributed by atoms with E-state index in [1.807, 2.05) is 39.1 Å². The van der Waals surface area contributed by atoms with Crippen LogP contribution in [0.5, 0.6) is 0 Å². The zero-order valence-corrected chi connectivity index (χ0v) is 36.7. The molecular weight excluding hydrogens is 767 g/mol. The van der Waals surface area contributed by atoms with Gasteiger partial charge in [0.1, 0.15) is 18.1 Å². The number of hydrogen-bond acceptors (Lipinski definition) is 10. The third kappa shape index (κ3) is 8.67.